The molecule has 0 unspecified atom stereocenters. The lowest BCUT2D eigenvalue weighted by atomic mass is 10.0. The van der Waals surface area contributed by atoms with Crippen molar-refractivity contribution in [2.24, 2.45) is 9.98 Å². The van der Waals surface area contributed by atoms with Gasteiger partial charge < -0.3 is 0 Å². The Morgan fingerprint density at radius 1 is 0.594 bits per heavy atom. The Hall–Kier alpha value is -2.49. The first-order valence-electron chi connectivity index (χ1n) is 11.2. The van der Waals surface area contributed by atoms with Crippen LogP contribution in [-0.4, -0.2) is 15.3 Å². The summed E-state index contributed by atoms with van der Waals surface area (Å²) >= 11 is 13.3. The van der Waals surface area contributed by atoms with E-state index in [0.29, 0.717) is 21.7 Å². The van der Waals surface area contributed by atoms with Crippen LogP contribution in [0.25, 0.3) is 0 Å². The molecule has 0 spiro atoms. The Morgan fingerprint density at radius 3 is 1.22 bits per heavy atom. The number of rotatable bonds is 8. The molecule has 0 saturated heterocycles. The molecule has 1 aromatic heterocycles. The minimum atomic E-state index is 0.343. The topological polar surface area (TPSA) is 37.6 Å². The van der Waals surface area contributed by atoms with Crippen molar-refractivity contribution >= 4 is 44.9 Å². The maximum atomic E-state index is 6.64. The molecule has 5 heteroatoms. The Balaban J connectivity index is 2.01. The SMILES string of the molecule is CCc1cccc(CC)c1N=C(Cl)c1cccc(C(Cl)=Nc2c(CC)cccc2CC)n1. The molecule has 0 atom stereocenters. The van der Waals surface area contributed by atoms with Crippen molar-refractivity contribution in [3.05, 3.63) is 88.2 Å². The second-order valence-corrected chi connectivity index (χ2v) is 8.19. The van der Waals surface area contributed by atoms with E-state index in [0.717, 1.165) is 37.1 Å². The summed E-state index contributed by atoms with van der Waals surface area (Å²) in [4.78, 5) is 14.2. The summed E-state index contributed by atoms with van der Waals surface area (Å²) in [5.74, 6) is 0. The number of aromatic nitrogens is 1. The first-order valence-corrected chi connectivity index (χ1v) is 12.0. The standard InChI is InChI=1S/C27H29Cl2N3/c1-5-18-12-9-13-19(6-2)24(18)31-26(28)22-16-11-17-23(30-22)27(29)32-25-20(7-3)14-10-15-21(25)8-4/h9-17H,5-8H2,1-4H3. The molecule has 0 aliphatic rings. The van der Waals surface area contributed by atoms with E-state index in [1.807, 2.05) is 18.2 Å². The van der Waals surface area contributed by atoms with Crippen molar-refractivity contribution in [2.45, 2.75) is 53.4 Å². The van der Waals surface area contributed by atoms with Crippen LogP contribution in [0.1, 0.15) is 61.3 Å². The van der Waals surface area contributed by atoms with Gasteiger partial charge in [0.1, 0.15) is 11.4 Å². The lowest BCUT2D eigenvalue weighted by Crippen LogP contribution is -2.03. The molecule has 32 heavy (non-hydrogen) atoms. The van der Waals surface area contributed by atoms with E-state index in [2.05, 4.69) is 69.1 Å². The molecule has 3 rings (SSSR count). The van der Waals surface area contributed by atoms with Crippen LogP contribution in [0.4, 0.5) is 11.4 Å². The fraction of sp³-hybridized carbons (Fsp3) is 0.296. The molecule has 0 bridgehead atoms. The Morgan fingerprint density at radius 2 is 0.906 bits per heavy atom. The van der Waals surface area contributed by atoms with E-state index in [1.165, 1.54) is 22.3 Å². The van der Waals surface area contributed by atoms with Crippen LogP contribution in [0.5, 0.6) is 0 Å². The monoisotopic (exact) mass is 465 g/mol. The van der Waals surface area contributed by atoms with Crippen molar-refractivity contribution in [1.82, 2.24) is 4.98 Å². The lowest BCUT2D eigenvalue weighted by molar-refractivity contribution is 1.08. The van der Waals surface area contributed by atoms with E-state index in [-0.39, 0.29) is 0 Å². The Bertz CT molecular complexity index is 1020. The zero-order valence-corrected chi connectivity index (χ0v) is 20.6. The van der Waals surface area contributed by atoms with Crippen LogP contribution in [0, 0.1) is 0 Å². The Kier molecular flexibility index (Phi) is 8.60. The van der Waals surface area contributed by atoms with Gasteiger partial charge in [0.15, 0.2) is 10.3 Å². The number of hydrogen-bond acceptors (Lipinski definition) is 3. The predicted octanol–water partition coefficient (Wildman–Crippen LogP) is 7.97. The molecule has 166 valence electrons. The molecule has 3 nitrogen and oxygen atoms in total. The van der Waals surface area contributed by atoms with Crippen LogP contribution in [0.3, 0.4) is 0 Å². The highest BCUT2D eigenvalue weighted by Crippen LogP contribution is 2.29. The number of aliphatic imine (C=N–C) groups is 2. The van der Waals surface area contributed by atoms with Crippen LogP contribution in [0.15, 0.2) is 64.6 Å². The maximum absolute atomic E-state index is 6.64. The van der Waals surface area contributed by atoms with Crippen molar-refractivity contribution < 1.29 is 0 Å². The zero-order chi connectivity index (χ0) is 23.1. The van der Waals surface area contributed by atoms with Gasteiger partial charge in [0.2, 0.25) is 0 Å². The summed E-state index contributed by atoms with van der Waals surface area (Å²) in [7, 11) is 0. The van der Waals surface area contributed by atoms with Gasteiger partial charge in [-0.1, -0.05) is 93.4 Å². The van der Waals surface area contributed by atoms with Crippen LogP contribution in [0.2, 0.25) is 0 Å². The van der Waals surface area contributed by atoms with E-state index in [9.17, 15) is 0 Å². The summed E-state index contributed by atoms with van der Waals surface area (Å²) < 4.78 is 0. The predicted molar refractivity (Wildman–Crippen MR) is 139 cm³/mol. The van der Waals surface area contributed by atoms with Crippen LogP contribution in [-0.2, 0) is 25.7 Å². The third-order valence-corrected chi connectivity index (χ3v) is 6.08. The van der Waals surface area contributed by atoms with Crippen LogP contribution < -0.4 is 0 Å². The second kappa shape index (κ2) is 11.4. The van der Waals surface area contributed by atoms with Gasteiger partial charge in [-0.3, -0.25) is 0 Å². The number of benzene rings is 2. The van der Waals surface area contributed by atoms with Gasteiger partial charge in [-0.25, -0.2) is 15.0 Å². The molecule has 0 saturated carbocycles. The summed E-state index contributed by atoms with van der Waals surface area (Å²) in [5, 5.41) is 0.685. The quantitative estimate of drug-likeness (QED) is 0.310. The molecular formula is C27H29Cl2N3. The molecule has 0 radical (unpaired) electrons. The first-order chi connectivity index (χ1) is 15.5. The summed E-state index contributed by atoms with van der Waals surface area (Å²) in [6.07, 6.45) is 3.55. The summed E-state index contributed by atoms with van der Waals surface area (Å²) in [6, 6.07) is 18.1. The average molecular weight is 466 g/mol. The molecule has 3 aromatic rings. The maximum Gasteiger partial charge on any atom is 0.155 e. The number of hydrogen-bond donors (Lipinski definition) is 0. The minimum absolute atomic E-state index is 0.343. The molecule has 0 aliphatic heterocycles. The molecule has 0 fully saturated rings. The third-order valence-electron chi connectivity index (χ3n) is 5.52. The molecule has 2 aromatic carbocycles. The van der Waals surface area contributed by atoms with E-state index >= 15 is 0 Å². The van der Waals surface area contributed by atoms with E-state index in [1.54, 1.807) is 0 Å². The van der Waals surface area contributed by atoms with E-state index < -0.39 is 0 Å². The molecular weight excluding hydrogens is 437 g/mol. The van der Waals surface area contributed by atoms with Gasteiger partial charge in [0.25, 0.3) is 0 Å². The summed E-state index contributed by atoms with van der Waals surface area (Å²) in [5.41, 5.74) is 7.68. The smallest absolute Gasteiger partial charge is 0.155 e. The second-order valence-electron chi connectivity index (χ2n) is 7.48. The van der Waals surface area contributed by atoms with Gasteiger partial charge in [-0.05, 0) is 60.1 Å². The van der Waals surface area contributed by atoms with Gasteiger partial charge in [0.05, 0.1) is 11.4 Å². The van der Waals surface area contributed by atoms with Crippen molar-refractivity contribution in [3.8, 4) is 0 Å². The highest BCUT2D eigenvalue weighted by atomic mass is 35.5. The number of nitrogens with zero attached hydrogens (tertiary/aromatic N) is 3. The largest absolute Gasteiger partial charge is 0.243 e. The first kappa shape index (κ1) is 24.2. The lowest BCUT2D eigenvalue weighted by Gasteiger charge is -2.10. The van der Waals surface area contributed by atoms with Crippen LogP contribution >= 0.6 is 23.2 Å². The van der Waals surface area contributed by atoms with Crippen molar-refractivity contribution in [2.75, 3.05) is 0 Å². The van der Waals surface area contributed by atoms with Crippen molar-refractivity contribution in [3.63, 3.8) is 0 Å². The molecule has 0 aliphatic carbocycles. The van der Waals surface area contributed by atoms with Gasteiger partial charge in [-0.15, -0.1) is 0 Å². The fourth-order valence-corrected chi connectivity index (χ4v) is 4.07. The van der Waals surface area contributed by atoms with Gasteiger partial charge in [-0.2, -0.15) is 0 Å². The molecule has 1 heterocycles. The fourth-order valence-electron chi connectivity index (χ4n) is 3.69. The molecule has 0 amide bonds. The number of aryl methyl sites for hydroxylation is 4. The third kappa shape index (κ3) is 5.46. The number of halogens is 2. The average Bonchev–Trinajstić information content (AvgIpc) is 2.84. The number of para-hydroxylation sites is 2. The normalized spacial score (nSPS) is 12.3. The summed E-state index contributed by atoms with van der Waals surface area (Å²) in [6.45, 7) is 8.48. The van der Waals surface area contributed by atoms with Crippen molar-refractivity contribution in [1.29, 1.82) is 0 Å². The number of pyridine rings is 1. The highest BCUT2D eigenvalue weighted by molar-refractivity contribution is 6.70. The molecule has 0 N–H and O–H groups in total. The van der Waals surface area contributed by atoms with E-state index in [4.69, 9.17) is 33.2 Å². The zero-order valence-electron chi connectivity index (χ0n) is 19.1. The minimum Gasteiger partial charge on any atom is -0.243 e. The Labute approximate surface area is 201 Å². The van der Waals surface area contributed by atoms with Gasteiger partial charge >= 0.3 is 0 Å². The van der Waals surface area contributed by atoms with Gasteiger partial charge in [0, 0.05) is 0 Å². The highest BCUT2D eigenvalue weighted by Gasteiger charge is 2.12.